The third-order valence-electron chi connectivity index (χ3n) is 2.66. The molecule has 0 aromatic carbocycles. The van der Waals surface area contributed by atoms with Crippen molar-refractivity contribution < 1.29 is 9.47 Å². The van der Waals surface area contributed by atoms with Crippen LogP contribution in [0.5, 0.6) is 0 Å². The average molecular weight is 233 g/mol. The number of hydrogen-bond acceptors (Lipinski definition) is 5. The van der Waals surface area contributed by atoms with Crippen molar-refractivity contribution in [2.24, 2.45) is 0 Å². The Morgan fingerprint density at radius 3 is 3.13 bits per heavy atom. The molecule has 0 amide bonds. The van der Waals surface area contributed by atoms with E-state index in [0.29, 0.717) is 31.5 Å². The number of alkyl halides is 1. The molecule has 1 aromatic rings. The number of ether oxygens (including phenoxy) is 2. The number of hydrogen-bond donors (Lipinski definition) is 0. The van der Waals surface area contributed by atoms with Gasteiger partial charge < -0.3 is 9.47 Å². The molecule has 15 heavy (non-hydrogen) atoms. The van der Waals surface area contributed by atoms with Crippen molar-refractivity contribution in [3.05, 3.63) is 5.82 Å². The minimum absolute atomic E-state index is 0.299. The van der Waals surface area contributed by atoms with E-state index in [1.807, 2.05) is 0 Å². The standard InChI is InChI=1S/C8H13ClN4O2/c1-14-8(2-3-15-6-8)5-13-7(4-9)10-11-12-13/h2-6H2,1H3. The predicted octanol–water partition coefficient (Wildman–Crippen LogP) is 0.217. The molecule has 1 aromatic heterocycles. The monoisotopic (exact) mass is 232 g/mol. The summed E-state index contributed by atoms with van der Waals surface area (Å²) < 4.78 is 12.5. The lowest BCUT2D eigenvalue weighted by Gasteiger charge is -2.25. The molecule has 0 spiro atoms. The van der Waals surface area contributed by atoms with Crippen LogP contribution in [0.15, 0.2) is 0 Å². The van der Waals surface area contributed by atoms with Crippen LogP contribution in [0.1, 0.15) is 12.2 Å². The largest absolute Gasteiger partial charge is 0.378 e. The highest BCUT2D eigenvalue weighted by Gasteiger charge is 2.36. The number of aromatic nitrogens is 4. The Bertz CT molecular complexity index is 324. The van der Waals surface area contributed by atoms with Gasteiger partial charge in [0.15, 0.2) is 5.82 Å². The quantitative estimate of drug-likeness (QED) is 0.695. The second-order valence-corrected chi connectivity index (χ2v) is 3.84. The van der Waals surface area contributed by atoms with Gasteiger partial charge in [-0.25, -0.2) is 4.68 Å². The van der Waals surface area contributed by atoms with E-state index in [4.69, 9.17) is 21.1 Å². The van der Waals surface area contributed by atoms with Gasteiger partial charge in [0.1, 0.15) is 5.60 Å². The van der Waals surface area contributed by atoms with Crippen molar-refractivity contribution in [1.82, 2.24) is 20.2 Å². The Kier molecular flexibility index (Phi) is 3.18. The molecular weight excluding hydrogens is 220 g/mol. The summed E-state index contributed by atoms with van der Waals surface area (Å²) in [5, 5.41) is 11.3. The minimum Gasteiger partial charge on any atom is -0.378 e. The van der Waals surface area contributed by atoms with Gasteiger partial charge in [-0.15, -0.1) is 16.7 Å². The number of tetrazole rings is 1. The van der Waals surface area contributed by atoms with Crippen LogP contribution in [-0.2, 0) is 21.9 Å². The molecular formula is C8H13ClN4O2. The second-order valence-electron chi connectivity index (χ2n) is 3.58. The summed E-state index contributed by atoms with van der Waals surface area (Å²) >= 11 is 5.71. The molecule has 84 valence electrons. The Hall–Kier alpha value is -0.720. The Balaban J connectivity index is 2.12. The smallest absolute Gasteiger partial charge is 0.166 e. The molecule has 0 saturated carbocycles. The maximum absolute atomic E-state index is 5.71. The first-order valence-electron chi connectivity index (χ1n) is 4.73. The first kappa shape index (κ1) is 10.8. The highest BCUT2D eigenvalue weighted by atomic mass is 35.5. The second kappa shape index (κ2) is 4.42. The molecule has 1 atom stereocenters. The van der Waals surface area contributed by atoms with Crippen LogP contribution in [0, 0.1) is 0 Å². The van der Waals surface area contributed by atoms with Gasteiger partial charge in [-0.05, 0) is 10.4 Å². The molecule has 1 fully saturated rings. The van der Waals surface area contributed by atoms with Crippen LogP contribution in [0.25, 0.3) is 0 Å². The van der Waals surface area contributed by atoms with Crippen molar-refractivity contribution >= 4 is 11.6 Å². The Morgan fingerprint density at radius 2 is 2.53 bits per heavy atom. The zero-order valence-corrected chi connectivity index (χ0v) is 9.27. The summed E-state index contributed by atoms with van der Waals surface area (Å²) in [7, 11) is 1.68. The lowest BCUT2D eigenvalue weighted by Crippen LogP contribution is -2.37. The number of halogens is 1. The van der Waals surface area contributed by atoms with E-state index < -0.39 is 0 Å². The van der Waals surface area contributed by atoms with Gasteiger partial charge >= 0.3 is 0 Å². The Labute approximate surface area is 92.5 Å². The molecule has 0 aliphatic carbocycles. The SMILES string of the molecule is COC1(Cn2nnnc2CCl)CCOC1. The van der Waals surface area contributed by atoms with Crippen LogP contribution in [-0.4, -0.2) is 46.1 Å². The van der Waals surface area contributed by atoms with Gasteiger partial charge in [-0.1, -0.05) is 0 Å². The van der Waals surface area contributed by atoms with Crippen molar-refractivity contribution in [2.75, 3.05) is 20.3 Å². The van der Waals surface area contributed by atoms with Crippen LogP contribution >= 0.6 is 11.6 Å². The molecule has 6 nitrogen and oxygen atoms in total. The fraction of sp³-hybridized carbons (Fsp3) is 0.875. The predicted molar refractivity (Wildman–Crippen MR) is 52.6 cm³/mol. The number of methoxy groups -OCH3 is 1. The van der Waals surface area contributed by atoms with Gasteiger partial charge in [0, 0.05) is 20.1 Å². The summed E-state index contributed by atoms with van der Waals surface area (Å²) in [4.78, 5) is 0. The van der Waals surface area contributed by atoms with Crippen molar-refractivity contribution in [3.8, 4) is 0 Å². The molecule has 1 aliphatic heterocycles. The van der Waals surface area contributed by atoms with Crippen LogP contribution < -0.4 is 0 Å². The van der Waals surface area contributed by atoms with Crippen LogP contribution in [0.3, 0.4) is 0 Å². The van der Waals surface area contributed by atoms with E-state index >= 15 is 0 Å². The topological polar surface area (TPSA) is 62.1 Å². The molecule has 1 unspecified atom stereocenters. The minimum atomic E-state index is -0.309. The molecule has 0 N–H and O–H groups in total. The molecule has 1 aliphatic rings. The zero-order valence-electron chi connectivity index (χ0n) is 8.52. The maximum Gasteiger partial charge on any atom is 0.166 e. The van der Waals surface area contributed by atoms with Gasteiger partial charge in [0.05, 0.1) is 19.0 Å². The molecule has 0 radical (unpaired) electrons. The van der Waals surface area contributed by atoms with E-state index in [1.54, 1.807) is 11.8 Å². The number of nitrogens with zero attached hydrogens (tertiary/aromatic N) is 4. The summed E-state index contributed by atoms with van der Waals surface area (Å²) in [5.74, 6) is 0.952. The first-order valence-corrected chi connectivity index (χ1v) is 5.27. The van der Waals surface area contributed by atoms with E-state index in [1.165, 1.54) is 0 Å². The molecule has 1 saturated heterocycles. The fourth-order valence-corrected chi connectivity index (χ4v) is 1.84. The molecule has 0 bridgehead atoms. The summed E-state index contributed by atoms with van der Waals surface area (Å²) in [6.45, 7) is 1.87. The van der Waals surface area contributed by atoms with E-state index in [9.17, 15) is 0 Å². The van der Waals surface area contributed by atoms with Gasteiger partial charge in [0.2, 0.25) is 0 Å². The first-order chi connectivity index (χ1) is 7.29. The number of rotatable bonds is 4. The summed E-state index contributed by atoms with van der Waals surface area (Å²) in [6.07, 6.45) is 0.852. The summed E-state index contributed by atoms with van der Waals surface area (Å²) in [6, 6.07) is 0. The van der Waals surface area contributed by atoms with Crippen LogP contribution in [0.4, 0.5) is 0 Å². The van der Waals surface area contributed by atoms with E-state index in [-0.39, 0.29) is 5.60 Å². The van der Waals surface area contributed by atoms with E-state index in [2.05, 4.69) is 15.5 Å². The molecule has 2 heterocycles. The van der Waals surface area contributed by atoms with Gasteiger partial charge in [-0.3, -0.25) is 0 Å². The normalized spacial score (nSPS) is 26.0. The van der Waals surface area contributed by atoms with Crippen molar-refractivity contribution in [3.63, 3.8) is 0 Å². The summed E-state index contributed by atoms with van der Waals surface area (Å²) in [5.41, 5.74) is -0.309. The third-order valence-corrected chi connectivity index (χ3v) is 2.90. The maximum atomic E-state index is 5.71. The lowest BCUT2D eigenvalue weighted by atomic mass is 10.0. The molecule has 7 heteroatoms. The highest BCUT2D eigenvalue weighted by molar-refractivity contribution is 6.16. The Morgan fingerprint density at radius 1 is 1.67 bits per heavy atom. The van der Waals surface area contributed by atoms with Crippen molar-refractivity contribution in [2.45, 2.75) is 24.4 Å². The van der Waals surface area contributed by atoms with Gasteiger partial charge in [-0.2, -0.15) is 0 Å². The third kappa shape index (κ3) is 2.11. The van der Waals surface area contributed by atoms with E-state index in [0.717, 1.165) is 6.42 Å². The van der Waals surface area contributed by atoms with Crippen molar-refractivity contribution in [1.29, 1.82) is 0 Å². The van der Waals surface area contributed by atoms with Crippen LogP contribution in [0.2, 0.25) is 0 Å². The average Bonchev–Trinajstić information content (AvgIpc) is 2.88. The zero-order chi connectivity index (χ0) is 10.7. The lowest BCUT2D eigenvalue weighted by molar-refractivity contribution is -0.0325. The highest BCUT2D eigenvalue weighted by Crippen LogP contribution is 2.24. The fourth-order valence-electron chi connectivity index (χ4n) is 1.65. The molecule has 2 rings (SSSR count). The van der Waals surface area contributed by atoms with Gasteiger partial charge in [0.25, 0.3) is 0 Å².